The van der Waals surface area contributed by atoms with Gasteiger partial charge in [-0.3, -0.25) is 10.1 Å². The highest BCUT2D eigenvalue weighted by molar-refractivity contribution is 9.10. The zero-order chi connectivity index (χ0) is 29.0. The summed E-state index contributed by atoms with van der Waals surface area (Å²) < 4.78 is 14.0. The van der Waals surface area contributed by atoms with E-state index in [0.29, 0.717) is 30.0 Å². The van der Waals surface area contributed by atoms with Gasteiger partial charge in [0.25, 0.3) is 5.69 Å². The predicted octanol–water partition coefficient (Wildman–Crippen LogP) is 9.42. The van der Waals surface area contributed by atoms with Crippen LogP contribution in [0.2, 0.25) is 10.0 Å². The average Bonchev–Trinajstić information content (AvgIpc) is 3.57. The Morgan fingerprint density at radius 3 is 2.44 bits per heavy atom. The van der Waals surface area contributed by atoms with Crippen molar-refractivity contribution in [1.29, 1.82) is 0 Å². The smallest absolute Gasteiger partial charge is 0.363 e. The molecule has 0 spiro atoms. The van der Waals surface area contributed by atoms with Crippen LogP contribution < -0.4 is 4.74 Å². The van der Waals surface area contributed by atoms with Gasteiger partial charge in [-0.1, -0.05) is 61.1 Å². The molecule has 0 N–H and O–H groups in total. The number of benzene rings is 3. The summed E-state index contributed by atoms with van der Waals surface area (Å²) in [5, 5.41) is 13.0. The van der Waals surface area contributed by atoms with Gasteiger partial charge >= 0.3 is 11.9 Å². The van der Waals surface area contributed by atoms with Crippen LogP contribution in [0.25, 0.3) is 26.2 Å². The van der Waals surface area contributed by atoms with E-state index < -0.39 is 16.9 Å². The van der Waals surface area contributed by atoms with Crippen molar-refractivity contribution in [3.05, 3.63) is 105 Å². The molecule has 14 heteroatoms. The highest BCUT2D eigenvalue weighted by atomic mass is 79.9. The lowest BCUT2D eigenvalue weighted by Crippen LogP contribution is -2.08. The molecule has 5 aromatic rings. The SMILES string of the molecule is O=C1OC(c2sc3cc(Br)ccc3c2Cl)=N/C1=C/c1cc(Br)ccc1OC(=O)c1sc2cc([N+](=O)[O-])ccc2c1Cl. The second-order valence-corrected chi connectivity index (χ2v) is 13.2. The first-order chi connectivity index (χ1) is 19.6. The third kappa shape index (κ3) is 5.31. The summed E-state index contributed by atoms with van der Waals surface area (Å²) in [7, 11) is 0. The number of carbonyl (C=O) groups is 2. The minimum atomic E-state index is -0.762. The molecule has 1 aliphatic heterocycles. The van der Waals surface area contributed by atoms with Crippen molar-refractivity contribution in [2.24, 2.45) is 4.99 Å². The van der Waals surface area contributed by atoms with Gasteiger partial charge in [-0.05, 0) is 42.5 Å². The minimum Gasteiger partial charge on any atom is -0.422 e. The number of nitrogens with zero attached hydrogens (tertiary/aromatic N) is 2. The normalized spacial score (nSPS) is 14.1. The van der Waals surface area contributed by atoms with Crippen LogP contribution in [0.3, 0.4) is 0 Å². The number of fused-ring (bicyclic) bond motifs is 2. The monoisotopic (exact) mass is 750 g/mol. The number of non-ortho nitro benzene ring substituents is 1. The van der Waals surface area contributed by atoms with Gasteiger partial charge in [0.05, 0.1) is 15.0 Å². The Hall–Kier alpha value is -3.13. The summed E-state index contributed by atoms with van der Waals surface area (Å²) in [6, 6.07) is 14.7. The van der Waals surface area contributed by atoms with E-state index in [1.54, 1.807) is 18.2 Å². The maximum absolute atomic E-state index is 13.1. The number of cyclic esters (lactones) is 1. The standard InChI is InChI=1S/C27H10Br2Cl2N2O6S2/c28-12-2-6-18(38-27(35)24-22(31)16-5-3-14(33(36)37)10-20(16)41-24)11(7-12)8-17-26(34)39-25(32-17)23-21(30)15-4-1-13(29)9-19(15)40-23/h1-10H/b17-8+. The summed E-state index contributed by atoms with van der Waals surface area (Å²) in [5.74, 6) is -1.25. The van der Waals surface area contributed by atoms with E-state index in [1.165, 1.54) is 35.6 Å². The van der Waals surface area contributed by atoms with Crippen molar-refractivity contribution in [3.63, 3.8) is 0 Å². The quantitative estimate of drug-likeness (QED) is 0.0582. The van der Waals surface area contributed by atoms with Crippen molar-refractivity contribution in [2.75, 3.05) is 0 Å². The fourth-order valence-electron chi connectivity index (χ4n) is 4.00. The van der Waals surface area contributed by atoms with E-state index >= 15 is 0 Å². The third-order valence-electron chi connectivity index (χ3n) is 5.88. The molecule has 0 bridgehead atoms. The Labute approximate surface area is 265 Å². The molecule has 0 atom stereocenters. The highest BCUT2D eigenvalue weighted by Gasteiger charge is 2.29. The Kier molecular flexibility index (Phi) is 7.47. The Balaban J connectivity index is 1.34. The molecule has 3 aromatic carbocycles. The Morgan fingerprint density at radius 1 is 0.976 bits per heavy atom. The minimum absolute atomic E-state index is 0.0164. The van der Waals surface area contributed by atoms with Gasteiger partial charge in [0, 0.05) is 46.8 Å². The zero-order valence-corrected chi connectivity index (χ0v) is 26.3. The van der Waals surface area contributed by atoms with E-state index in [4.69, 9.17) is 32.7 Å². The van der Waals surface area contributed by atoms with Crippen molar-refractivity contribution < 1.29 is 24.0 Å². The van der Waals surface area contributed by atoms with E-state index in [-0.39, 0.29) is 32.9 Å². The zero-order valence-electron chi connectivity index (χ0n) is 19.9. The number of halogens is 4. The number of rotatable bonds is 5. The van der Waals surface area contributed by atoms with E-state index in [0.717, 1.165) is 25.9 Å². The molecule has 2 aromatic heterocycles. The topological polar surface area (TPSA) is 108 Å². The molecule has 41 heavy (non-hydrogen) atoms. The summed E-state index contributed by atoms with van der Waals surface area (Å²) in [4.78, 5) is 41.5. The van der Waals surface area contributed by atoms with Crippen LogP contribution in [0.4, 0.5) is 5.69 Å². The lowest BCUT2D eigenvalue weighted by molar-refractivity contribution is -0.384. The van der Waals surface area contributed by atoms with Gasteiger partial charge in [0.1, 0.15) is 15.5 Å². The summed E-state index contributed by atoms with van der Waals surface area (Å²) >= 11 is 22.1. The van der Waals surface area contributed by atoms with Gasteiger partial charge in [-0.25, -0.2) is 14.6 Å². The first kappa shape index (κ1) is 28.0. The van der Waals surface area contributed by atoms with Crippen molar-refractivity contribution >= 4 is 128 Å². The second-order valence-electron chi connectivity index (χ2n) is 8.48. The van der Waals surface area contributed by atoms with Crippen LogP contribution in [0.1, 0.15) is 20.1 Å². The molecule has 3 heterocycles. The van der Waals surface area contributed by atoms with E-state index in [9.17, 15) is 19.7 Å². The largest absolute Gasteiger partial charge is 0.422 e. The van der Waals surface area contributed by atoms with Crippen LogP contribution >= 0.6 is 77.7 Å². The predicted molar refractivity (Wildman–Crippen MR) is 168 cm³/mol. The van der Waals surface area contributed by atoms with Crippen LogP contribution in [0.15, 0.2) is 74.2 Å². The fourth-order valence-corrected chi connectivity index (χ4v) is 7.79. The highest BCUT2D eigenvalue weighted by Crippen LogP contribution is 2.40. The van der Waals surface area contributed by atoms with E-state index in [1.807, 2.05) is 18.2 Å². The number of nitro groups is 1. The molecule has 8 nitrogen and oxygen atoms in total. The van der Waals surface area contributed by atoms with Crippen molar-refractivity contribution in [1.82, 2.24) is 0 Å². The number of esters is 2. The molecule has 204 valence electrons. The lowest BCUT2D eigenvalue weighted by Gasteiger charge is -2.08. The fraction of sp³-hybridized carbons (Fsp3) is 0. The van der Waals surface area contributed by atoms with Crippen LogP contribution in [0, 0.1) is 10.1 Å². The first-order valence-electron chi connectivity index (χ1n) is 11.4. The van der Waals surface area contributed by atoms with Gasteiger partial charge in [-0.15, -0.1) is 22.7 Å². The number of hydrogen-bond donors (Lipinski definition) is 0. The average molecular weight is 753 g/mol. The van der Waals surface area contributed by atoms with Gasteiger partial charge in [-0.2, -0.15) is 0 Å². The molecule has 1 aliphatic rings. The number of carbonyl (C=O) groups excluding carboxylic acids is 2. The molecule has 0 saturated heterocycles. The maximum Gasteiger partial charge on any atom is 0.363 e. The molecule has 0 amide bonds. The summed E-state index contributed by atoms with van der Waals surface area (Å²) in [5.41, 5.74) is 0.228. The molecule has 0 radical (unpaired) electrons. The van der Waals surface area contributed by atoms with Gasteiger partial charge < -0.3 is 9.47 Å². The lowest BCUT2D eigenvalue weighted by atomic mass is 10.1. The Morgan fingerprint density at radius 2 is 1.66 bits per heavy atom. The van der Waals surface area contributed by atoms with Crippen molar-refractivity contribution in [3.8, 4) is 5.75 Å². The second kappa shape index (κ2) is 10.9. The number of hydrogen-bond acceptors (Lipinski definition) is 9. The number of thiophene rings is 2. The molecular formula is C27H10Br2Cl2N2O6S2. The van der Waals surface area contributed by atoms with E-state index in [2.05, 4.69) is 36.9 Å². The number of ether oxygens (including phenoxy) is 2. The van der Waals surface area contributed by atoms with Crippen LogP contribution in [0.5, 0.6) is 5.75 Å². The summed E-state index contributed by atoms with van der Waals surface area (Å²) in [6.07, 6.45) is 1.44. The Bertz CT molecular complexity index is 2040. The van der Waals surface area contributed by atoms with Crippen LogP contribution in [-0.4, -0.2) is 22.8 Å². The number of nitro benzene ring substituents is 1. The molecule has 0 saturated carbocycles. The number of aliphatic imine (C=N–C) groups is 1. The third-order valence-corrected chi connectivity index (χ3v) is 10.2. The van der Waals surface area contributed by atoms with Crippen molar-refractivity contribution in [2.45, 2.75) is 0 Å². The molecule has 0 fully saturated rings. The molecule has 0 aliphatic carbocycles. The maximum atomic E-state index is 13.1. The summed E-state index contributed by atoms with van der Waals surface area (Å²) in [6.45, 7) is 0. The van der Waals surface area contributed by atoms with Crippen LogP contribution in [-0.2, 0) is 9.53 Å². The molecule has 0 unspecified atom stereocenters. The molecule has 6 rings (SSSR count). The first-order valence-corrected chi connectivity index (χ1v) is 15.3. The van der Waals surface area contributed by atoms with Gasteiger partial charge in [0.2, 0.25) is 5.90 Å². The van der Waals surface area contributed by atoms with Gasteiger partial charge in [0.15, 0.2) is 5.70 Å². The molecular weight excluding hydrogens is 743 g/mol.